The minimum Gasteiger partial charge on any atom is -0.391 e. The number of hydrogen-bond acceptors (Lipinski definition) is 5. The van der Waals surface area contributed by atoms with E-state index in [-0.39, 0.29) is 12.3 Å². The second-order valence-corrected chi connectivity index (χ2v) is 5.64. The van der Waals surface area contributed by atoms with Gasteiger partial charge in [0.1, 0.15) is 5.01 Å². The number of carbonyl (C=O) groups is 1. The van der Waals surface area contributed by atoms with Crippen LogP contribution in [0.3, 0.4) is 0 Å². The number of carbonyl (C=O) groups excluding carboxylic acids is 1. The van der Waals surface area contributed by atoms with E-state index in [1.807, 2.05) is 30.5 Å². The summed E-state index contributed by atoms with van der Waals surface area (Å²) >= 11 is 1.47. The predicted molar refractivity (Wildman–Crippen MR) is 83.0 cm³/mol. The Morgan fingerprint density at radius 3 is 3.05 bits per heavy atom. The van der Waals surface area contributed by atoms with Crippen LogP contribution in [0.2, 0.25) is 0 Å². The van der Waals surface area contributed by atoms with Crippen LogP contribution in [0.25, 0.3) is 10.7 Å². The fraction of sp³-hybridized carbons (Fsp3) is 0.400. The van der Waals surface area contributed by atoms with E-state index in [9.17, 15) is 9.90 Å². The van der Waals surface area contributed by atoms with Crippen molar-refractivity contribution in [2.24, 2.45) is 0 Å². The molecule has 0 aliphatic heterocycles. The second-order valence-electron chi connectivity index (χ2n) is 4.78. The van der Waals surface area contributed by atoms with Crippen LogP contribution in [0, 0.1) is 0 Å². The van der Waals surface area contributed by atoms with E-state index in [1.54, 1.807) is 6.20 Å². The third-order valence-corrected chi connectivity index (χ3v) is 3.85. The number of hydrogen-bond donors (Lipinski definition) is 2. The average Bonchev–Trinajstić information content (AvgIpc) is 2.95. The molecule has 21 heavy (non-hydrogen) atoms. The smallest absolute Gasteiger partial charge is 0.226 e. The van der Waals surface area contributed by atoms with Crippen LogP contribution in [0.1, 0.15) is 25.5 Å². The summed E-state index contributed by atoms with van der Waals surface area (Å²) < 4.78 is 0. The molecule has 112 valence electrons. The predicted octanol–water partition coefficient (Wildman–Crippen LogP) is 2.02. The molecule has 0 bridgehead atoms. The summed E-state index contributed by atoms with van der Waals surface area (Å²) in [5.74, 6) is -0.122. The number of aliphatic hydroxyl groups is 1. The maximum absolute atomic E-state index is 11.8. The molecule has 0 fully saturated rings. The van der Waals surface area contributed by atoms with E-state index in [1.165, 1.54) is 11.3 Å². The van der Waals surface area contributed by atoms with Crippen molar-refractivity contribution in [3.63, 3.8) is 0 Å². The first-order valence-corrected chi connectivity index (χ1v) is 7.87. The molecule has 1 atom stereocenters. The minimum absolute atomic E-state index is 0.122. The van der Waals surface area contributed by atoms with Crippen molar-refractivity contribution in [2.75, 3.05) is 6.54 Å². The number of nitrogens with one attached hydrogen (secondary N) is 1. The first kappa shape index (κ1) is 15.6. The second kappa shape index (κ2) is 7.85. The maximum atomic E-state index is 11.8. The Hall–Kier alpha value is -1.79. The molecule has 0 spiro atoms. The van der Waals surface area contributed by atoms with Crippen LogP contribution in [0.15, 0.2) is 29.8 Å². The first-order chi connectivity index (χ1) is 10.2. The molecule has 0 aromatic carbocycles. The fourth-order valence-corrected chi connectivity index (χ4v) is 2.68. The number of thiazole rings is 1. The van der Waals surface area contributed by atoms with Gasteiger partial charge in [-0.2, -0.15) is 0 Å². The van der Waals surface area contributed by atoms with E-state index in [4.69, 9.17) is 0 Å². The Kier molecular flexibility index (Phi) is 5.83. The Labute approximate surface area is 128 Å². The van der Waals surface area contributed by atoms with Gasteiger partial charge >= 0.3 is 0 Å². The van der Waals surface area contributed by atoms with Crippen molar-refractivity contribution < 1.29 is 9.90 Å². The van der Waals surface area contributed by atoms with Crippen LogP contribution in [-0.4, -0.2) is 33.6 Å². The zero-order valence-corrected chi connectivity index (χ0v) is 12.8. The molecule has 5 nitrogen and oxygen atoms in total. The summed E-state index contributed by atoms with van der Waals surface area (Å²) in [6.45, 7) is 2.30. The van der Waals surface area contributed by atoms with Crippen LogP contribution in [-0.2, 0) is 11.2 Å². The van der Waals surface area contributed by atoms with Gasteiger partial charge in [0, 0.05) is 18.1 Å². The molecule has 0 saturated heterocycles. The highest BCUT2D eigenvalue weighted by Gasteiger charge is 2.10. The number of amides is 1. The number of nitrogens with zero attached hydrogens (tertiary/aromatic N) is 2. The normalized spacial score (nSPS) is 12.1. The molecule has 6 heteroatoms. The fourth-order valence-electron chi connectivity index (χ4n) is 1.89. The highest BCUT2D eigenvalue weighted by molar-refractivity contribution is 7.13. The molecular weight excluding hydrogens is 286 g/mol. The van der Waals surface area contributed by atoms with Crippen molar-refractivity contribution in [1.82, 2.24) is 15.3 Å². The molecule has 2 heterocycles. The number of pyridine rings is 1. The first-order valence-electron chi connectivity index (χ1n) is 6.99. The lowest BCUT2D eigenvalue weighted by Gasteiger charge is -2.09. The Bertz CT molecular complexity index is 571. The lowest BCUT2D eigenvalue weighted by Crippen LogP contribution is -2.33. The van der Waals surface area contributed by atoms with E-state index >= 15 is 0 Å². The molecule has 2 aromatic rings. The summed E-state index contributed by atoms with van der Waals surface area (Å²) in [6, 6.07) is 5.65. The van der Waals surface area contributed by atoms with Crippen LogP contribution in [0.4, 0.5) is 0 Å². The maximum Gasteiger partial charge on any atom is 0.226 e. The van der Waals surface area contributed by atoms with Crippen molar-refractivity contribution in [3.05, 3.63) is 35.5 Å². The average molecular weight is 305 g/mol. The highest BCUT2D eigenvalue weighted by Crippen LogP contribution is 2.21. The molecule has 2 N–H and O–H groups in total. The molecule has 2 aromatic heterocycles. The molecule has 1 amide bonds. The molecule has 0 radical (unpaired) electrons. The highest BCUT2D eigenvalue weighted by atomic mass is 32.1. The monoisotopic (exact) mass is 305 g/mol. The van der Waals surface area contributed by atoms with Crippen molar-refractivity contribution >= 4 is 17.2 Å². The standard InChI is InChI=1S/C15H19N3O2S/c1-2-5-12(19)9-17-14(20)8-11-10-21-15(18-11)13-6-3-4-7-16-13/h3-4,6-7,10,12,19H,2,5,8-9H2,1H3,(H,17,20). The van der Waals surface area contributed by atoms with Crippen molar-refractivity contribution in [2.45, 2.75) is 32.3 Å². The van der Waals surface area contributed by atoms with Gasteiger partial charge in [-0.25, -0.2) is 4.98 Å². The lowest BCUT2D eigenvalue weighted by molar-refractivity contribution is -0.120. The third-order valence-electron chi connectivity index (χ3n) is 2.93. The van der Waals surface area contributed by atoms with Gasteiger partial charge in [-0.15, -0.1) is 11.3 Å². The number of aromatic nitrogens is 2. The Balaban J connectivity index is 1.86. The number of rotatable bonds is 7. The Morgan fingerprint density at radius 1 is 1.48 bits per heavy atom. The van der Waals surface area contributed by atoms with Gasteiger partial charge in [-0.1, -0.05) is 19.4 Å². The van der Waals surface area contributed by atoms with Crippen molar-refractivity contribution in [3.8, 4) is 10.7 Å². The van der Waals surface area contributed by atoms with Gasteiger partial charge in [0.15, 0.2) is 0 Å². The van der Waals surface area contributed by atoms with Gasteiger partial charge in [0.25, 0.3) is 0 Å². The summed E-state index contributed by atoms with van der Waals surface area (Å²) in [5, 5.41) is 15.0. The van der Waals surface area contributed by atoms with Gasteiger partial charge in [-0.05, 0) is 18.6 Å². The number of aliphatic hydroxyl groups excluding tert-OH is 1. The van der Waals surface area contributed by atoms with Gasteiger partial charge < -0.3 is 10.4 Å². The van der Waals surface area contributed by atoms with Crippen LogP contribution in [0.5, 0.6) is 0 Å². The summed E-state index contributed by atoms with van der Waals surface area (Å²) in [7, 11) is 0. The largest absolute Gasteiger partial charge is 0.391 e. The SMILES string of the molecule is CCCC(O)CNC(=O)Cc1csc(-c2ccccn2)n1. The van der Waals surface area contributed by atoms with Crippen LogP contribution < -0.4 is 5.32 Å². The summed E-state index contributed by atoms with van der Waals surface area (Å²) in [4.78, 5) is 20.4. The molecule has 0 aliphatic rings. The minimum atomic E-state index is -0.474. The van der Waals surface area contributed by atoms with Gasteiger partial charge in [0.05, 0.1) is 23.9 Å². The van der Waals surface area contributed by atoms with E-state index < -0.39 is 6.10 Å². The molecule has 2 rings (SSSR count). The topological polar surface area (TPSA) is 75.1 Å². The van der Waals surface area contributed by atoms with E-state index in [0.717, 1.165) is 22.8 Å². The summed E-state index contributed by atoms with van der Waals surface area (Å²) in [5.41, 5.74) is 1.54. The van der Waals surface area contributed by atoms with Gasteiger partial charge in [-0.3, -0.25) is 9.78 Å². The third kappa shape index (κ3) is 4.91. The Morgan fingerprint density at radius 2 is 2.33 bits per heavy atom. The zero-order valence-electron chi connectivity index (χ0n) is 12.0. The lowest BCUT2D eigenvalue weighted by atomic mass is 10.2. The van der Waals surface area contributed by atoms with Crippen molar-refractivity contribution in [1.29, 1.82) is 0 Å². The summed E-state index contributed by atoms with van der Waals surface area (Å²) in [6.07, 6.45) is 3.07. The van der Waals surface area contributed by atoms with Crippen LogP contribution >= 0.6 is 11.3 Å². The zero-order chi connectivity index (χ0) is 15.1. The molecule has 0 saturated carbocycles. The van der Waals surface area contributed by atoms with E-state index in [0.29, 0.717) is 13.0 Å². The quantitative estimate of drug-likeness (QED) is 0.820. The molecular formula is C15H19N3O2S. The molecule has 1 unspecified atom stereocenters. The van der Waals surface area contributed by atoms with E-state index in [2.05, 4.69) is 15.3 Å². The van der Waals surface area contributed by atoms with Gasteiger partial charge in [0.2, 0.25) is 5.91 Å². The molecule has 0 aliphatic carbocycles.